The summed E-state index contributed by atoms with van der Waals surface area (Å²) >= 11 is 0. The normalized spacial score (nSPS) is 21.3. The Hall–Kier alpha value is 1.61. The van der Waals surface area contributed by atoms with Crippen LogP contribution in [0.15, 0.2) is 0 Å². The number of halogens is 4. The molecule has 0 unspecified atom stereocenters. The van der Waals surface area contributed by atoms with Crippen LogP contribution < -0.4 is 0 Å². The second-order valence-electron chi connectivity index (χ2n) is 1.84. The summed E-state index contributed by atoms with van der Waals surface area (Å²) < 4.78 is 11.4. The molecule has 2 nitrogen and oxygen atoms in total. The van der Waals surface area contributed by atoms with Crippen LogP contribution in [0.4, 0.5) is 0 Å². The molecule has 0 aromatic carbocycles. The quantitative estimate of drug-likeness (QED) is 0.530. The Bertz CT molecular complexity index is 144. The molecule has 1 fully saturated rings. The van der Waals surface area contributed by atoms with Crippen molar-refractivity contribution in [2.75, 3.05) is 6.61 Å². The molecule has 0 spiro atoms. The molecule has 0 saturated carbocycles. The van der Waals surface area contributed by atoms with Gasteiger partial charge in [-0.05, 0) is 0 Å². The predicted molar refractivity (Wildman–Crippen MR) is 45.6 cm³/mol. The fourth-order valence-electron chi connectivity index (χ4n) is 0.417. The van der Waals surface area contributed by atoms with Crippen molar-refractivity contribution in [1.29, 1.82) is 3.91 Å². The SMILES string of the molecule is [CH-]1CCCO1.[NH]=[Mo]([Cl])([Cl])([Cl])[Cl]. The van der Waals surface area contributed by atoms with E-state index in [0.29, 0.717) is 0 Å². The third kappa shape index (κ3) is 24.5. The molecular formula is C4H8Cl4MoNO-. The Morgan fingerprint density at radius 3 is 1.82 bits per heavy atom. The number of rotatable bonds is 0. The molecule has 0 atom stereocenters. The summed E-state index contributed by atoms with van der Waals surface area (Å²) in [7, 11) is 15.3. The zero-order chi connectivity index (χ0) is 8.98. The monoisotopic (exact) mass is 324 g/mol. The standard InChI is InChI=1S/C4H7O.4ClH.Mo.HN/c1-2-4-5-3-1;;;;;;/h3H,1-2,4H2;4*1H;;1H/q-1;;;;;+4;/p-4. The van der Waals surface area contributed by atoms with Crippen LogP contribution in [0.25, 0.3) is 0 Å². The maximum absolute atomic E-state index is 6.55. The van der Waals surface area contributed by atoms with Gasteiger partial charge in [0.25, 0.3) is 0 Å². The van der Waals surface area contributed by atoms with Crippen molar-refractivity contribution in [2.45, 2.75) is 12.8 Å². The molecule has 0 aromatic rings. The van der Waals surface area contributed by atoms with Gasteiger partial charge in [0.15, 0.2) is 0 Å². The van der Waals surface area contributed by atoms with Crippen LogP contribution in [0.3, 0.4) is 0 Å². The van der Waals surface area contributed by atoms with Gasteiger partial charge in [-0.25, -0.2) is 6.61 Å². The second kappa shape index (κ2) is 4.74. The van der Waals surface area contributed by atoms with Gasteiger partial charge < -0.3 is 4.74 Å². The van der Waals surface area contributed by atoms with Crippen molar-refractivity contribution in [3.8, 4) is 0 Å². The van der Waals surface area contributed by atoms with Crippen molar-refractivity contribution in [3.05, 3.63) is 6.61 Å². The van der Waals surface area contributed by atoms with Crippen molar-refractivity contribution in [2.24, 2.45) is 0 Å². The molecule has 1 rings (SSSR count). The third-order valence-electron chi connectivity index (χ3n) is 0.702. The Morgan fingerprint density at radius 1 is 1.27 bits per heavy atom. The van der Waals surface area contributed by atoms with E-state index >= 15 is 0 Å². The molecule has 0 radical (unpaired) electrons. The van der Waals surface area contributed by atoms with Crippen molar-refractivity contribution >= 4 is 37.7 Å². The first kappa shape index (κ1) is 12.6. The van der Waals surface area contributed by atoms with Crippen LogP contribution in [0, 0.1) is 10.5 Å². The van der Waals surface area contributed by atoms with Gasteiger partial charge in [0.2, 0.25) is 0 Å². The van der Waals surface area contributed by atoms with E-state index in [-0.39, 0.29) is 0 Å². The van der Waals surface area contributed by atoms with Crippen LogP contribution in [0.5, 0.6) is 0 Å². The van der Waals surface area contributed by atoms with E-state index < -0.39 is 10.5 Å². The summed E-state index contributed by atoms with van der Waals surface area (Å²) in [6.45, 7) is 2.81. The molecular weight excluding hydrogens is 316 g/mol. The zero-order valence-electron chi connectivity index (χ0n) is 5.53. The van der Waals surface area contributed by atoms with Crippen LogP contribution in [-0.2, 0) is 15.2 Å². The molecule has 1 saturated heterocycles. The van der Waals surface area contributed by atoms with Gasteiger partial charge >= 0.3 is 52.0 Å². The molecule has 1 N–H and O–H groups in total. The molecule has 0 aliphatic carbocycles. The molecule has 0 aromatic heterocycles. The Morgan fingerprint density at radius 2 is 1.73 bits per heavy atom. The van der Waals surface area contributed by atoms with Crippen LogP contribution in [0.2, 0.25) is 0 Å². The van der Waals surface area contributed by atoms with Gasteiger partial charge in [-0.2, -0.15) is 6.42 Å². The molecule has 1 aliphatic heterocycles. The molecule has 0 bridgehead atoms. The molecule has 0 amide bonds. The molecule has 1 heterocycles. The van der Waals surface area contributed by atoms with E-state index in [4.69, 9.17) is 46.3 Å². The van der Waals surface area contributed by atoms with E-state index in [9.17, 15) is 0 Å². The van der Waals surface area contributed by atoms with E-state index in [2.05, 4.69) is 0 Å². The predicted octanol–water partition coefficient (Wildman–Crippen LogP) is 4.01. The van der Waals surface area contributed by atoms with Gasteiger partial charge in [-0.15, -0.1) is 0 Å². The zero-order valence-corrected chi connectivity index (χ0v) is 10.6. The fourth-order valence-corrected chi connectivity index (χ4v) is 0.417. The van der Waals surface area contributed by atoms with E-state index in [1.54, 1.807) is 0 Å². The summed E-state index contributed by atoms with van der Waals surface area (Å²) in [5.74, 6) is 0. The van der Waals surface area contributed by atoms with Crippen LogP contribution >= 0.6 is 37.7 Å². The van der Waals surface area contributed by atoms with Crippen molar-refractivity contribution in [1.82, 2.24) is 0 Å². The van der Waals surface area contributed by atoms with Gasteiger partial charge in [0, 0.05) is 6.61 Å². The Kier molecular flexibility index (Phi) is 5.43. The fraction of sp³-hybridized carbons (Fsp3) is 0.750. The Labute approximate surface area is 82.3 Å². The first-order valence-corrected chi connectivity index (χ1v) is 14.1. The Balaban J connectivity index is 0.000000183. The molecule has 11 heavy (non-hydrogen) atoms. The van der Waals surface area contributed by atoms with E-state index in [1.165, 1.54) is 6.42 Å². The van der Waals surface area contributed by atoms with Crippen LogP contribution in [0.1, 0.15) is 12.8 Å². The van der Waals surface area contributed by atoms with Crippen LogP contribution in [-0.4, -0.2) is 6.61 Å². The summed E-state index contributed by atoms with van der Waals surface area (Å²) in [6, 6.07) is 0. The summed E-state index contributed by atoms with van der Waals surface area (Å²) in [6.07, 6.45) is 2.38. The average molecular weight is 324 g/mol. The van der Waals surface area contributed by atoms with Crippen molar-refractivity contribution in [3.63, 3.8) is 0 Å². The number of ether oxygens (including phenoxy) is 1. The summed E-state index contributed by atoms with van der Waals surface area (Å²) in [5.41, 5.74) is 0. The second-order valence-corrected chi connectivity index (χ2v) is 25.3. The summed E-state index contributed by atoms with van der Waals surface area (Å²) in [5, 5.41) is 0. The topological polar surface area (TPSA) is 33.1 Å². The minimum atomic E-state index is -4.48. The molecule has 1 aliphatic rings. The summed E-state index contributed by atoms with van der Waals surface area (Å²) in [4.78, 5) is 0. The first-order valence-electron chi connectivity index (χ1n) is 2.75. The van der Waals surface area contributed by atoms with Gasteiger partial charge in [-0.3, -0.25) is 0 Å². The van der Waals surface area contributed by atoms with E-state index in [1.807, 2.05) is 6.61 Å². The minimum absolute atomic E-state index is 0.944. The molecule has 7 heteroatoms. The van der Waals surface area contributed by atoms with Gasteiger partial charge in [0.05, 0.1) is 0 Å². The third-order valence-corrected chi connectivity index (χ3v) is 0.702. The average Bonchev–Trinajstić information content (AvgIpc) is 2.03. The van der Waals surface area contributed by atoms with Crippen molar-refractivity contribution < 1.29 is 15.2 Å². The maximum atomic E-state index is 6.55. The number of hydrogen-bond donors (Lipinski definition) is 1. The molecule has 70 valence electrons. The first-order chi connectivity index (χ1) is 4.74. The van der Waals surface area contributed by atoms with E-state index in [0.717, 1.165) is 13.0 Å². The van der Waals surface area contributed by atoms with Gasteiger partial charge in [-0.1, -0.05) is 6.42 Å². The number of hydrogen-bond acceptors (Lipinski definition) is 2. The van der Waals surface area contributed by atoms with Gasteiger partial charge in [0.1, 0.15) is 0 Å². The number of nitrogens with one attached hydrogen (secondary N) is 1.